The van der Waals surface area contributed by atoms with Gasteiger partial charge in [0.25, 0.3) is 0 Å². The van der Waals surface area contributed by atoms with Gasteiger partial charge in [-0.25, -0.2) is 0 Å². The van der Waals surface area contributed by atoms with Gasteiger partial charge in [0.15, 0.2) is 0 Å². The van der Waals surface area contributed by atoms with Gasteiger partial charge in [-0.05, 0) is 25.7 Å². The number of morpholine rings is 1. The number of hydrogen-bond donors (Lipinski definition) is 0. The number of carbonyl (C=O) groups excluding carboxylic acids is 2. The maximum atomic E-state index is 12.5. The van der Waals surface area contributed by atoms with E-state index in [0.717, 1.165) is 38.8 Å². The monoisotopic (exact) mass is 310 g/mol. The predicted octanol–water partition coefficient (Wildman–Crippen LogP) is 0.510. The Hall–Kier alpha value is -1.14. The summed E-state index contributed by atoms with van der Waals surface area (Å²) in [5.74, 6) is 0.721. The number of likely N-dealkylation sites (tertiary alicyclic amines) is 1. The molecule has 0 radical (unpaired) electrons. The van der Waals surface area contributed by atoms with Crippen molar-refractivity contribution in [3.63, 3.8) is 0 Å². The number of amides is 2. The number of nitrogens with zero attached hydrogens (tertiary/aromatic N) is 2. The summed E-state index contributed by atoms with van der Waals surface area (Å²) in [5, 5.41) is 0. The molecule has 0 atom stereocenters. The van der Waals surface area contributed by atoms with Gasteiger partial charge in [-0.1, -0.05) is 0 Å². The van der Waals surface area contributed by atoms with E-state index in [0.29, 0.717) is 39.5 Å². The molecule has 3 fully saturated rings. The summed E-state index contributed by atoms with van der Waals surface area (Å²) in [4.78, 5) is 28.8. The van der Waals surface area contributed by atoms with Crippen LogP contribution in [0.1, 0.15) is 25.7 Å². The molecule has 0 aromatic heterocycles. The Labute approximate surface area is 131 Å². The zero-order chi connectivity index (χ0) is 15.4. The summed E-state index contributed by atoms with van der Waals surface area (Å²) >= 11 is 0. The predicted molar refractivity (Wildman–Crippen MR) is 80.2 cm³/mol. The smallest absolute Gasteiger partial charge is 0.225 e. The van der Waals surface area contributed by atoms with Gasteiger partial charge < -0.3 is 19.3 Å². The van der Waals surface area contributed by atoms with Crippen LogP contribution in [0.5, 0.6) is 0 Å². The van der Waals surface area contributed by atoms with Crippen molar-refractivity contribution in [2.45, 2.75) is 25.7 Å². The first kappa shape index (κ1) is 15.7. The van der Waals surface area contributed by atoms with Crippen LogP contribution in [0, 0.1) is 11.8 Å². The first-order chi connectivity index (χ1) is 10.8. The Morgan fingerprint density at radius 2 is 1.09 bits per heavy atom. The minimum atomic E-state index is 0.0804. The third-order valence-electron chi connectivity index (χ3n) is 5.05. The quantitative estimate of drug-likeness (QED) is 0.746. The van der Waals surface area contributed by atoms with Crippen molar-refractivity contribution >= 4 is 11.8 Å². The number of carbonyl (C=O) groups is 2. The fourth-order valence-electron chi connectivity index (χ4n) is 3.59. The molecule has 0 unspecified atom stereocenters. The topological polar surface area (TPSA) is 59.1 Å². The highest BCUT2D eigenvalue weighted by atomic mass is 16.5. The maximum Gasteiger partial charge on any atom is 0.225 e. The molecule has 2 amide bonds. The van der Waals surface area contributed by atoms with Crippen LogP contribution in [0.3, 0.4) is 0 Å². The number of rotatable bonds is 2. The summed E-state index contributed by atoms with van der Waals surface area (Å²) < 4.78 is 10.6. The average molecular weight is 310 g/mol. The minimum Gasteiger partial charge on any atom is -0.381 e. The SMILES string of the molecule is O=C(C1CCN(C(=O)C2CCOCC2)CC1)N1CCOCC1. The Morgan fingerprint density at radius 3 is 1.68 bits per heavy atom. The first-order valence-corrected chi connectivity index (χ1v) is 8.49. The van der Waals surface area contributed by atoms with Crippen molar-refractivity contribution in [3.8, 4) is 0 Å². The van der Waals surface area contributed by atoms with E-state index in [1.54, 1.807) is 0 Å². The lowest BCUT2D eigenvalue weighted by Crippen LogP contribution is -2.48. The molecular weight excluding hydrogens is 284 g/mol. The fraction of sp³-hybridized carbons (Fsp3) is 0.875. The Bertz CT molecular complexity index is 357. The standard InChI is InChI=1S/C16H26N2O4/c19-15(18-7-11-22-12-8-18)13-1-5-17(6-2-13)16(20)14-3-9-21-10-4-14/h13-14H,1-12H2. The third kappa shape index (κ3) is 3.60. The largest absolute Gasteiger partial charge is 0.381 e. The average Bonchev–Trinajstić information content (AvgIpc) is 2.62. The molecule has 6 heteroatoms. The highest BCUT2D eigenvalue weighted by Gasteiger charge is 2.33. The molecule has 0 aliphatic carbocycles. The zero-order valence-corrected chi connectivity index (χ0v) is 13.2. The van der Waals surface area contributed by atoms with Gasteiger partial charge in [0.2, 0.25) is 11.8 Å². The second kappa shape index (κ2) is 7.42. The van der Waals surface area contributed by atoms with Crippen LogP contribution in [-0.2, 0) is 19.1 Å². The van der Waals surface area contributed by atoms with Crippen LogP contribution in [0.2, 0.25) is 0 Å². The van der Waals surface area contributed by atoms with Crippen LogP contribution in [0.4, 0.5) is 0 Å². The van der Waals surface area contributed by atoms with E-state index in [-0.39, 0.29) is 23.7 Å². The second-order valence-corrected chi connectivity index (χ2v) is 6.42. The van der Waals surface area contributed by atoms with Crippen LogP contribution in [0.25, 0.3) is 0 Å². The lowest BCUT2D eigenvalue weighted by molar-refractivity contribution is -0.146. The van der Waals surface area contributed by atoms with Crippen molar-refractivity contribution in [2.24, 2.45) is 11.8 Å². The van der Waals surface area contributed by atoms with Crippen molar-refractivity contribution in [1.29, 1.82) is 0 Å². The van der Waals surface area contributed by atoms with Crippen LogP contribution >= 0.6 is 0 Å². The van der Waals surface area contributed by atoms with E-state index in [2.05, 4.69) is 0 Å². The van der Waals surface area contributed by atoms with Crippen LogP contribution in [-0.4, -0.2) is 74.2 Å². The number of hydrogen-bond acceptors (Lipinski definition) is 4. The van der Waals surface area contributed by atoms with E-state index >= 15 is 0 Å². The minimum absolute atomic E-state index is 0.0804. The second-order valence-electron chi connectivity index (χ2n) is 6.42. The van der Waals surface area contributed by atoms with Gasteiger partial charge >= 0.3 is 0 Å². The Kier molecular flexibility index (Phi) is 5.31. The molecule has 124 valence electrons. The lowest BCUT2D eigenvalue weighted by Gasteiger charge is -2.37. The summed E-state index contributed by atoms with van der Waals surface area (Å²) in [6.07, 6.45) is 3.27. The molecule has 0 N–H and O–H groups in total. The van der Waals surface area contributed by atoms with Gasteiger partial charge in [0.1, 0.15) is 0 Å². The number of ether oxygens (including phenoxy) is 2. The number of piperidine rings is 1. The van der Waals surface area contributed by atoms with E-state index in [4.69, 9.17) is 9.47 Å². The molecule has 0 aromatic rings. The molecule has 0 aromatic carbocycles. The summed E-state index contributed by atoms with van der Waals surface area (Å²) in [6, 6.07) is 0. The van der Waals surface area contributed by atoms with E-state index in [1.165, 1.54) is 0 Å². The van der Waals surface area contributed by atoms with Gasteiger partial charge in [-0.2, -0.15) is 0 Å². The van der Waals surface area contributed by atoms with Crippen molar-refractivity contribution in [2.75, 3.05) is 52.6 Å². The van der Waals surface area contributed by atoms with E-state index in [9.17, 15) is 9.59 Å². The highest BCUT2D eigenvalue weighted by Crippen LogP contribution is 2.24. The van der Waals surface area contributed by atoms with Crippen LogP contribution in [0.15, 0.2) is 0 Å². The molecule has 3 rings (SSSR count). The Morgan fingerprint density at radius 1 is 0.636 bits per heavy atom. The van der Waals surface area contributed by atoms with Crippen LogP contribution < -0.4 is 0 Å². The normalized spacial score (nSPS) is 25.3. The molecule has 22 heavy (non-hydrogen) atoms. The van der Waals surface area contributed by atoms with Gasteiger partial charge in [0, 0.05) is 51.2 Å². The maximum absolute atomic E-state index is 12.5. The summed E-state index contributed by atoms with van der Waals surface area (Å²) in [7, 11) is 0. The van der Waals surface area contributed by atoms with Gasteiger partial charge in [-0.3, -0.25) is 9.59 Å². The van der Waals surface area contributed by atoms with Crippen molar-refractivity contribution in [1.82, 2.24) is 9.80 Å². The molecule has 3 saturated heterocycles. The molecule has 0 saturated carbocycles. The zero-order valence-electron chi connectivity index (χ0n) is 13.2. The molecule has 3 aliphatic heterocycles. The van der Waals surface area contributed by atoms with Gasteiger partial charge in [-0.15, -0.1) is 0 Å². The highest BCUT2D eigenvalue weighted by molar-refractivity contribution is 5.81. The molecule has 3 aliphatic rings. The van der Waals surface area contributed by atoms with Crippen molar-refractivity contribution in [3.05, 3.63) is 0 Å². The Balaban J connectivity index is 1.47. The molecule has 0 spiro atoms. The molecule has 6 nitrogen and oxygen atoms in total. The first-order valence-electron chi connectivity index (χ1n) is 8.49. The van der Waals surface area contributed by atoms with Gasteiger partial charge in [0.05, 0.1) is 13.2 Å². The fourth-order valence-corrected chi connectivity index (χ4v) is 3.59. The third-order valence-corrected chi connectivity index (χ3v) is 5.05. The van der Waals surface area contributed by atoms with E-state index in [1.807, 2.05) is 9.80 Å². The lowest BCUT2D eigenvalue weighted by atomic mass is 9.92. The molecular formula is C16H26N2O4. The van der Waals surface area contributed by atoms with E-state index < -0.39 is 0 Å². The molecule has 0 bridgehead atoms. The molecule has 3 heterocycles. The summed E-state index contributed by atoms with van der Waals surface area (Å²) in [5.41, 5.74) is 0. The van der Waals surface area contributed by atoms with Crippen molar-refractivity contribution < 1.29 is 19.1 Å². The summed E-state index contributed by atoms with van der Waals surface area (Å²) in [6.45, 7) is 5.54.